The number of carboxylic acids is 1. The molecule has 2 heterocycles. The van der Waals surface area contributed by atoms with E-state index in [-0.39, 0.29) is 0 Å². The summed E-state index contributed by atoms with van der Waals surface area (Å²) in [5.74, 6) is 0.592. The summed E-state index contributed by atoms with van der Waals surface area (Å²) in [6.45, 7) is 5.77. The van der Waals surface area contributed by atoms with E-state index in [2.05, 4.69) is 20.3 Å². The molecule has 2 aromatic heterocycles. The molecule has 0 aliphatic heterocycles. The van der Waals surface area contributed by atoms with Gasteiger partial charge in [0.25, 0.3) is 0 Å². The summed E-state index contributed by atoms with van der Waals surface area (Å²) < 4.78 is 0. The number of fused-ring (bicyclic) bond motifs is 1. The van der Waals surface area contributed by atoms with Crippen LogP contribution in [-0.4, -0.2) is 32.1 Å². The van der Waals surface area contributed by atoms with Gasteiger partial charge in [0.1, 0.15) is 23.3 Å². The van der Waals surface area contributed by atoms with E-state index in [1.165, 1.54) is 0 Å². The molecule has 0 bridgehead atoms. The van der Waals surface area contributed by atoms with E-state index >= 15 is 0 Å². The quantitative estimate of drug-likeness (QED) is 0.768. The predicted molar refractivity (Wildman–Crippen MR) is 73.1 cm³/mol. The van der Waals surface area contributed by atoms with E-state index in [4.69, 9.17) is 0 Å². The highest BCUT2D eigenvalue weighted by Gasteiger charge is 2.20. The van der Waals surface area contributed by atoms with E-state index in [1.807, 2.05) is 19.9 Å². The SMILES string of the molecule is Cc1nc(NC(CC(C)C)C(=O)O)c2cc[nH]c2n1. The maximum atomic E-state index is 11.3. The molecule has 0 spiro atoms. The second-order valence-corrected chi connectivity index (χ2v) is 5.02. The molecule has 0 fully saturated rings. The Kier molecular flexibility index (Phi) is 3.69. The number of aliphatic carboxylic acids is 1. The predicted octanol–water partition coefficient (Wildman–Crippen LogP) is 2.18. The topological polar surface area (TPSA) is 90.9 Å². The summed E-state index contributed by atoms with van der Waals surface area (Å²) in [6, 6.07) is 1.19. The van der Waals surface area contributed by atoms with Crippen molar-refractivity contribution in [1.29, 1.82) is 0 Å². The number of carboxylic acid groups (broad SMARTS) is 1. The molecular weight excluding hydrogens is 244 g/mol. The molecule has 19 heavy (non-hydrogen) atoms. The number of hydrogen-bond acceptors (Lipinski definition) is 4. The van der Waals surface area contributed by atoms with E-state index in [0.29, 0.717) is 29.6 Å². The van der Waals surface area contributed by atoms with Gasteiger partial charge in [-0.2, -0.15) is 0 Å². The smallest absolute Gasteiger partial charge is 0.326 e. The maximum absolute atomic E-state index is 11.3. The number of nitrogens with one attached hydrogen (secondary N) is 2. The van der Waals surface area contributed by atoms with Crippen LogP contribution >= 0.6 is 0 Å². The van der Waals surface area contributed by atoms with Crippen LogP contribution in [0.15, 0.2) is 12.3 Å². The van der Waals surface area contributed by atoms with Crippen molar-refractivity contribution in [3.05, 3.63) is 18.1 Å². The van der Waals surface area contributed by atoms with Gasteiger partial charge in [-0.05, 0) is 25.3 Å². The van der Waals surface area contributed by atoms with Crippen LogP contribution in [-0.2, 0) is 4.79 Å². The van der Waals surface area contributed by atoms with Crippen molar-refractivity contribution in [1.82, 2.24) is 15.0 Å². The van der Waals surface area contributed by atoms with Gasteiger partial charge in [-0.15, -0.1) is 0 Å². The van der Waals surface area contributed by atoms with Gasteiger partial charge in [-0.25, -0.2) is 14.8 Å². The average molecular weight is 262 g/mol. The minimum Gasteiger partial charge on any atom is -0.480 e. The van der Waals surface area contributed by atoms with Gasteiger partial charge in [0.15, 0.2) is 0 Å². The Balaban J connectivity index is 2.32. The number of aromatic amines is 1. The molecule has 0 aliphatic carbocycles. The highest BCUT2D eigenvalue weighted by molar-refractivity contribution is 5.89. The lowest BCUT2D eigenvalue weighted by molar-refractivity contribution is -0.138. The van der Waals surface area contributed by atoms with E-state index < -0.39 is 12.0 Å². The molecule has 1 unspecified atom stereocenters. The molecule has 0 amide bonds. The van der Waals surface area contributed by atoms with Crippen LogP contribution in [0.5, 0.6) is 0 Å². The van der Waals surface area contributed by atoms with Gasteiger partial charge < -0.3 is 15.4 Å². The second-order valence-electron chi connectivity index (χ2n) is 5.02. The monoisotopic (exact) mass is 262 g/mol. The van der Waals surface area contributed by atoms with Crippen LogP contribution in [0.25, 0.3) is 11.0 Å². The van der Waals surface area contributed by atoms with Crippen LogP contribution in [0, 0.1) is 12.8 Å². The molecule has 2 aromatic rings. The molecule has 3 N–H and O–H groups in total. The third kappa shape index (κ3) is 3.01. The molecule has 6 heteroatoms. The Hall–Kier alpha value is -2.11. The Bertz CT molecular complexity index is 591. The number of hydrogen-bond donors (Lipinski definition) is 3. The van der Waals surface area contributed by atoms with Crippen molar-refractivity contribution < 1.29 is 9.90 Å². The fourth-order valence-corrected chi connectivity index (χ4v) is 2.02. The van der Waals surface area contributed by atoms with Crippen molar-refractivity contribution in [2.45, 2.75) is 33.2 Å². The standard InChI is InChI=1S/C13H18N4O2/c1-7(2)6-10(13(18)19)17-12-9-4-5-14-11(9)15-8(3)16-12/h4-5,7,10H,6H2,1-3H3,(H,18,19)(H2,14,15,16,17). The van der Waals surface area contributed by atoms with E-state index in [1.54, 1.807) is 13.1 Å². The lowest BCUT2D eigenvalue weighted by Gasteiger charge is -2.17. The molecule has 2 rings (SSSR count). The van der Waals surface area contributed by atoms with Gasteiger partial charge >= 0.3 is 5.97 Å². The zero-order chi connectivity index (χ0) is 14.0. The van der Waals surface area contributed by atoms with Crippen molar-refractivity contribution in [3.8, 4) is 0 Å². The first kappa shape index (κ1) is 13.3. The molecule has 102 valence electrons. The van der Waals surface area contributed by atoms with Gasteiger partial charge in [0.05, 0.1) is 5.39 Å². The number of carbonyl (C=O) groups is 1. The van der Waals surface area contributed by atoms with Gasteiger partial charge in [0.2, 0.25) is 0 Å². The lowest BCUT2D eigenvalue weighted by atomic mass is 10.0. The number of nitrogens with zero attached hydrogens (tertiary/aromatic N) is 2. The minimum atomic E-state index is -0.867. The Morgan fingerprint density at radius 1 is 1.47 bits per heavy atom. The Morgan fingerprint density at radius 3 is 2.84 bits per heavy atom. The van der Waals surface area contributed by atoms with E-state index in [9.17, 15) is 9.90 Å². The molecule has 6 nitrogen and oxygen atoms in total. The fourth-order valence-electron chi connectivity index (χ4n) is 2.02. The number of rotatable bonds is 5. The highest BCUT2D eigenvalue weighted by Crippen LogP contribution is 2.21. The van der Waals surface area contributed by atoms with Crippen LogP contribution in [0.4, 0.5) is 5.82 Å². The molecule has 1 atom stereocenters. The number of aryl methyl sites for hydroxylation is 1. The number of anilines is 1. The number of H-pyrrole nitrogens is 1. The molecular formula is C13H18N4O2. The van der Waals surface area contributed by atoms with Crippen molar-refractivity contribution >= 4 is 22.8 Å². The van der Waals surface area contributed by atoms with Crippen LogP contribution in [0.1, 0.15) is 26.1 Å². The zero-order valence-corrected chi connectivity index (χ0v) is 11.3. The summed E-state index contributed by atoms with van der Waals surface area (Å²) in [6.07, 6.45) is 2.31. The highest BCUT2D eigenvalue weighted by atomic mass is 16.4. The summed E-state index contributed by atoms with van der Waals surface area (Å²) >= 11 is 0. The molecule has 0 radical (unpaired) electrons. The third-order valence-corrected chi connectivity index (χ3v) is 2.84. The van der Waals surface area contributed by atoms with Crippen molar-refractivity contribution in [2.24, 2.45) is 5.92 Å². The third-order valence-electron chi connectivity index (χ3n) is 2.84. The Labute approximate surface area is 111 Å². The summed E-state index contributed by atoms with van der Waals surface area (Å²) in [7, 11) is 0. The van der Waals surface area contributed by atoms with Crippen molar-refractivity contribution in [2.75, 3.05) is 5.32 Å². The van der Waals surface area contributed by atoms with Gasteiger partial charge in [-0.1, -0.05) is 13.8 Å². The normalized spacial score (nSPS) is 12.8. The van der Waals surface area contributed by atoms with Crippen molar-refractivity contribution in [3.63, 3.8) is 0 Å². The number of aromatic nitrogens is 3. The first-order chi connectivity index (χ1) is 8.97. The largest absolute Gasteiger partial charge is 0.480 e. The first-order valence-corrected chi connectivity index (χ1v) is 6.28. The summed E-state index contributed by atoms with van der Waals surface area (Å²) in [5, 5.41) is 13.1. The Morgan fingerprint density at radius 2 is 2.21 bits per heavy atom. The molecule has 0 saturated carbocycles. The fraction of sp³-hybridized carbons (Fsp3) is 0.462. The molecule has 0 saturated heterocycles. The van der Waals surface area contributed by atoms with Crippen LogP contribution < -0.4 is 5.32 Å². The van der Waals surface area contributed by atoms with Gasteiger partial charge in [-0.3, -0.25) is 0 Å². The first-order valence-electron chi connectivity index (χ1n) is 6.28. The lowest BCUT2D eigenvalue weighted by Crippen LogP contribution is -2.31. The zero-order valence-electron chi connectivity index (χ0n) is 11.3. The molecule has 0 aromatic carbocycles. The summed E-state index contributed by atoms with van der Waals surface area (Å²) in [5.41, 5.74) is 0.712. The van der Waals surface area contributed by atoms with Crippen LogP contribution in [0.2, 0.25) is 0 Å². The molecule has 0 aliphatic rings. The van der Waals surface area contributed by atoms with E-state index in [0.717, 1.165) is 5.39 Å². The van der Waals surface area contributed by atoms with Gasteiger partial charge in [0, 0.05) is 6.20 Å². The summed E-state index contributed by atoms with van der Waals surface area (Å²) in [4.78, 5) is 22.8. The minimum absolute atomic E-state index is 0.290. The second kappa shape index (κ2) is 5.26. The average Bonchev–Trinajstić information content (AvgIpc) is 2.75. The van der Waals surface area contributed by atoms with Crippen LogP contribution in [0.3, 0.4) is 0 Å². The maximum Gasteiger partial charge on any atom is 0.326 e.